The number of phenols is 1. The highest BCUT2D eigenvalue weighted by Gasteiger charge is 2.15. The topological polar surface area (TPSA) is 23.5 Å². The number of aromatic hydroxyl groups is 1. The molecule has 0 bridgehead atoms. The van der Waals surface area contributed by atoms with Crippen LogP contribution in [-0.2, 0) is 19.5 Å². The predicted octanol–water partition coefficient (Wildman–Crippen LogP) is 8.28. The van der Waals surface area contributed by atoms with Crippen molar-refractivity contribution in [2.24, 2.45) is 0 Å². The minimum atomic E-state index is 0.267. The Morgan fingerprint density at radius 3 is 1.88 bits per heavy atom. The van der Waals surface area contributed by atoms with E-state index in [-0.39, 0.29) is 5.92 Å². The van der Waals surface area contributed by atoms with Gasteiger partial charge in [-0.3, -0.25) is 0 Å². The molecule has 3 heteroatoms. The molecule has 0 radical (unpaired) electrons. The first-order chi connectivity index (χ1) is 16.4. The summed E-state index contributed by atoms with van der Waals surface area (Å²) in [7, 11) is 0. The molecule has 0 spiro atoms. The van der Waals surface area contributed by atoms with E-state index < -0.39 is 0 Å². The predicted molar refractivity (Wildman–Crippen MR) is 144 cm³/mol. The van der Waals surface area contributed by atoms with Gasteiger partial charge in [0.15, 0.2) is 0 Å². The Hall–Kier alpha value is -3.23. The fraction of sp³-hybridized carbons (Fsp3) is 0.226. The number of aryl methyl sites for hydroxylation is 1. The summed E-state index contributed by atoms with van der Waals surface area (Å²) in [6.07, 6.45) is 0.738. The Kier molecular flexibility index (Phi) is 7.59. The number of benzene rings is 4. The Morgan fingerprint density at radius 2 is 1.35 bits per heavy atom. The van der Waals surface area contributed by atoms with Gasteiger partial charge in [-0.2, -0.15) is 0 Å². The van der Waals surface area contributed by atoms with Crippen molar-refractivity contribution in [1.82, 2.24) is 0 Å². The van der Waals surface area contributed by atoms with E-state index in [4.69, 9.17) is 11.6 Å². The van der Waals surface area contributed by atoms with Crippen molar-refractivity contribution in [1.29, 1.82) is 0 Å². The smallest absolute Gasteiger partial charge is 0.119 e. The summed E-state index contributed by atoms with van der Waals surface area (Å²) in [6, 6.07) is 31.3. The Bertz CT molecular complexity index is 1170. The second kappa shape index (κ2) is 10.8. The van der Waals surface area contributed by atoms with Crippen molar-refractivity contribution < 1.29 is 5.11 Å². The van der Waals surface area contributed by atoms with Crippen molar-refractivity contribution >= 4 is 17.3 Å². The van der Waals surface area contributed by atoms with Gasteiger partial charge in [-0.15, -0.1) is 0 Å². The average Bonchev–Trinajstić information content (AvgIpc) is 2.83. The second-order valence-electron chi connectivity index (χ2n) is 9.27. The number of hydrogen-bond donors (Lipinski definition) is 1. The van der Waals surface area contributed by atoms with Crippen LogP contribution < -0.4 is 4.90 Å². The fourth-order valence-electron chi connectivity index (χ4n) is 4.39. The van der Waals surface area contributed by atoms with Gasteiger partial charge < -0.3 is 10.0 Å². The SMILES string of the molecule is Cc1cc(N(Cc2ccccc2)Cc2ccccc2)cc(Cl)c1Cc1ccc(O)c(C(C)C)c1. The number of rotatable bonds is 8. The number of phenolic OH excluding ortho intramolecular Hbond substituents is 1. The van der Waals surface area contributed by atoms with Crippen molar-refractivity contribution in [2.75, 3.05) is 4.90 Å². The lowest BCUT2D eigenvalue weighted by atomic mass is 9.94. The molecule has 34 heavy (non-hydrogen) atoms. The normalized spacial score (nSPS) is 11.1. The van der Waals surface area contributed by atoms with E-state index >= 15 is 0 Å². The van der Waals surface area contributed by atoms with E-state index in [9.17, 15) is 5.11 Å². The van der Waals surface area contributed by atoms with E-state index in [1.54, 1.807) is 6.07 Å². The van der Waals surface area contributed by atoms with Crippen LogP contribution in [0.4, 0.5) is 5.69 Å². The van der Waals surface area contributed by atoms with Gasteiger partial charge in [-0.05, 0) is 70.8 Å². The van der Waals surface area contributed by atoms with E-state index in [0.29, 0.717) is 5.75 Å². The molecule has 2 nitrogen and oxygen atoms in total. The van der Waals surface area contributed by atoms with Gasteiger partial charge >= 0.3 is 0 Å². The monoisotopic (exact) mass is 469 g/mol. The van der Waals surface area contributed by atoms with Crippen LogP contribution in [-0.4, -0.2) is 5.11 Å². The molecule has 0 heterocycles. The molecule has 4 aromatic rings. The standard InChI is InChI=1S/C31H32ClNO/c1-22(2)28-17-26(14-15-31(28)34)18-29-23(3)16-27(19-30(29)32)33(20-24-10-6-4-7-11-24)21-25-12-8-5-9-13-25/h4-17,19,22,34H,18,20-21H2,1-3H3. The quantitative estimate of drug-likeness (QED) is 0.280. The van der Waals surface area contributed by atoms with Gasteiger partial charge in [0.05, 0.1) is 0 Å². The summed E-state index contributed by atoms with van der Waals surface area (Å²) in [4.78, 5) is 2.38. The summed E-state index contributed by atoms with van der Waals surface area (Å²) in [5.74, 6) is 0.623. The summed E-state index contributed by atoms with van der Waals surface area (Å²) in [6.45, 7) is 7.94. The van der Waals surface area contributed by atoms with Gasteiger partial charge in [0.1, 0.15) is 5.75 Å². The van der Waals surface area contributed by atoms with Crippen LogP contribution >= 0.6 is 11.6 Å². The highest BCUT2D eigenvalue weighted by atomic mass is 35.5. The third-order valence-electron chi connectivity index (χ3n) is 6.30. The van der Waals surface area contributed by atoms with Crippen LogP contribution in [0.5, 0.6) is 5.75 Å². The van der Waals surface area contributed by atoms with E-state index in [1.165, 1.54) is 16.7 Å². The first kappa shape index (κ1) is 23.9. The number of anilines is 1. The van der Waals surface area contributed by atoms with Gasteiger partial charge in [0, 0.05) is 23.8 Å². The average molecular weight is 470 g/mol. The summed E-state index contributed by atoms with van der Waals surface area (Å²) in [5, 5.41) is 11.0. The minimum absolute atomic E-state index is 0.267. The molecule has 0 saturated carbocycles. The molecule has 0 saturated heterocycles. The van der Waals surface area contributed by atoms with Gasteiger partial charge in [0.25, 0.3) is 0 Å². The van der Waals surface area contributed by atoms with Crippen LogP contribution in [0.15, 0.2) is 91.0 Å². The summed E-state index contributed by atoms with van der Waals surface area (Å²) in [5.41, 5.74) is 8.08. The molecule has 0 unspecified atom stereocenters. The van der Waals surface area contributed by atoms with Gasteiger partial charge in [-0.1, -0.05) is 98.2 Å². The Labute approximate surface area is 208 Å². The summed E-state index contributed by atoms with van der Waals surface area (Å²) >= 11 is 6.89. The van der Waals surface area contributed by atoms with Crippen molar-refractivity contribution in [3.05, 3.63) is 129 Å². The Balaban J connectivity index is 1.65. The minimum Gasteiger partial charge on any atom is -0.508 e. The molecule has 0 aliphatic carbocycles. The van der Waals surface area contributed by atoms with Crippen molar-refractivity contribution in [2.45, 2.75) is 46.2 Å². The zero-order chi connectivity index (χ0) is 24.1. The Morgan fingerprint density at radius 1 is 0.765 bits per heavy atom. The maximum atomic E-state index is 10.2. The van der Waals surface area contributed by atoms with Crippen LogP contribution in [0.1, 0.15) is 53.1 Å². The number of halogens is 1. The van der Waals surface area contributed by atoms with Crippen LogP contribution in [0.3, 0.4) is 0 Å². The van der Waals surface area contributed by atoms with E-state index in [2.05, 4.69) is 105 Å². The molecule has 0 amide bonds. The third-order valence-corrected chi connectivity index (χ3v) is 6.63. The maximum Gasteiger partial charge on any atom is 0.119 e. The van der Waals surface area contributed by atoms with E-state index in [1.807, 2.05) is 6.07 Å². The van der Waals surface area contributed by atoms with Crippen LogP contribution in [0, 0.1) is 6.92 Å². The zero-order valence-electron chi connectivity index (χ0n) is 20.1. The molecule has 0 atom stereocenters. The third kappa shape index (κ3) is 5.81. The van der Waals surface area contributed by atoms with Crippen molar-refractivity contribution in [3.63, 3.8) is 0 Å². The molecule has 4 aromatic carbocycles. The summed E-state index contributed by atoms with van der Waals surface area (Å²) < 4.78 is 0. The van der Waals surface area contributed by atoms with Gasteiger partial charge in [-0.25, -0.2) is 0 Å². The van der Waals surface area contributed by atoms with Gasteiger partial charge in [0.2, 0.25) is 0 Å². The maximum absolute atomic E-state index is 10.2. The molecular formula is C31H32ClNO. The highest BCUT2D eigenvalue weighted by Crippen LogP contribution is 2.33. The largest absolute Gasteiger partial charge is 0.508 e. The number of nitrogens with zero attached hydrogens (tertiary/aromatic N) is 1. The fourth-order valence-corrected chi connectivity index (χ4v) is 4.72. The zero-order valence-corrected chi connectivity index (χ0v) is 20.9. The lowest BCUT2D eigenvalue weighted by Gasteiger charge is -2.27. The molecule has 174 valence electrons. The molecule has 0 fully saturated rings. The second-order valence-corrected chi connectivity index (χ2v) is 9.68. The molecule has 4 rings (SSSR count). The molecule has 0 aromatic heterocycles. The van der Waals surface area contributed by atoms with E-state index in [0.717, 1.165) is 46.9 Å². The lowest BCUT2D eigenvalue weighted by molar-refractivity contribution is 0.464. The van der Waals surface area contributed by atoms with Crippen LogP contribution in [0.2, 0.25) is 5.02 Å². The first-order valence-corrected chi connectivity index (χ1v) is 12.2. The molecule has 0 aliphatic heterocycles. The molecule has 1 N–H and O–H groups in total. The molecular weight excluding hydrogens is 438 g/mol. The molecule has 0 aliphatic rings. The van der Waals surface area contributed by atoms with Crippen LogP contribution in [0.25, 0.3) is 0 Å². The highest BCUT2D eigenvalue weighted by molar-refractivity contribution is 6.31. The first-order valence-electron chi connectivity index (χ1n) is 11.8. The van der Waals surface area contributed by atoms with Crippen molar-refractivity contribution in [3.8, 4) is 5.75 Å². The number of hydrogen-bond acceptors (Lipinski definition) is 2. The lowest BCUT2D eigenvalue weighted by Crippen LogP contribution is -2.22.